The average molecular weight is 281 g/mol. The van der Waals surface area contributed by atoms with Crippen molar-refractivity contribution >= 4 is 5.91 Å². The standard InChI is InChI=1S/C18H19NO2/c1-13-7-9-15(10-8-13)18(14-5-3-2-4-6-14)19-12-16(20)11-17(19)21/h2-10,16,18,20H,11-12H2,1H3. The first kappa shape index (κ1) is 13.8. The minimum absolute atomic E-state index is 0.0110. The third kappa shape index (κ3) is 2.83. The second-order valence-electron chi connectivity index (χ2n) is 5.63. The zero-order valence-electron chi connectivity index (χ0n) is 12.1. The first-order valence-corrected chi connectivity index (χ1v) is 7.24. The molecule has 2 aromatic carbocycles. The minimum atomic E-state index is -0.561. The van der Waals surface area contributed by atoms with E-state index in [1.165, 1.54) is 5.56 Å². The second kappa shape index (κ2) is 5.70. The van der Waals surface area contributed by atoms with Gasteiger partial charge in [0.15, 0.2) is 0 Å². The van der Waals surface area contributed by atoms with E-state index in [0.29, 0.717) is 6.54 Å². The Bertz CT molecular complexity index is 621. The van der Waals surface area contributed by atoms with Gasteiger partial charge in [0.1, 0.15) is 0 Å². The predicted molar refractivity (Wildman–Crippen MR) is 81.8 cm³/mol. The topological polar surface area (TPSA) is 40.5 Å². The molecule has 1 saturated heterocycles. The summed E-state index contributed by atoms with van der Waals surface area (Å²) in [5.74, 6) is 0.0110. The molecule has 2 unspecified atom stereocenters. The van der Waals surface area contributed by atoms with Gasteiger partial charge < -0.3 is 10.0 Å². The van der Waals surface area contributed by atoms with E-state index < -0.39 is 6.10 Å². The van der Waals surface area contributed by atoms with Crippen molar-refractivity contribution in [3.05, 3.63) is 71.3 Å². The molecule has 0 bridgehead atoms. The Morgan fingerprint density at radius 2 is 1.67 bits per heavy atom. The molecule has 3 rings (SSSR count). The molecule has 0 spiro atoms. The van der Waals surface area contributed by atoms with E-state index in [4.69, 9.17) is 0 Å². The van der Waals surface area contributed by atoms with Gasteiger partial charge in [-0.2, -0.15) is 0 Å². The van der Waals surface area contributed by atoms with Gasteiger partial charge in [0.05, 0.1) is 18.6 Å². The smallest absolute Gasteiger partial charge is 0.226 e. The molecule has 2 atom stereocenters. The summed E-state index contributed by atoms with van der Waals surface area (Å²) in [6, 6.07) is 18.1. The molecule has 108 valence electrons. The summed E-state index contributed by atoms with van der Waals surface area (Å²) >= 11 is 0. The van der Waals surface area contributed by atoms with E-state index in [0.717, 1.165) is 11.1 Å². The number of aryl methyl sites for hydroxylation is 1. The van der Waals surface area contributed by atoms with Crippen molar-refractivity contribution < 1.29 is 9.90 Å². The number of carbonyl (C=O) groups excluding carboxylic acids is 1. The molecule has 1 heterocycles. The maximum absolute atomic E-state index is 12.2. The molecule has 2 aromatic rings. The van der Waals surface area contributed by atoms with Crippen LogP contribution in [-0.4, -0.2) is 28.6 Å². The Hall–Kier alpha value is -2.13. The van der Waals surface area contributed by atoms with Crippen molar-refractivity contribution in [2.45, 2.75) is 25.5 Å². The van der Waals surface area contributed by atoms with Gasteiger partial charge in [-0.3, -0.25) is 4.79 Å². The van der Waals surface area contributed by atoms with E-state index in [-0.39, 0.29) is 18.4 Å². The minimum Gasteiger partial charge on any atom is -0.391 e. The van der Waals surface area contributed by atoms with Crippen LogP contribution < -0.4 is 0 Å². The molecule has 0 radical (unpaired) electrons. The molecule has 0 aliphatic carbocycles. The summed E-state index contributed by atoms with van der Waals surface area (Å²) < 4.78 is 0. The Balaban J connectivity index is 2.03. The van der Waals surface area contributed by atoms with Crippen molar-refractivity contribution in [1.29, 1.82) is 0 Å². The summed E-state index contributed by atoms with van der Waals surface area (Å²) in [6.45, 7) is 2.44. The fraction of sp³-hybridized carbons (Fsp3) is 0.278. The predicted octanol–water partition coefficient (Wildman–Crippen LogP) is 2.68. The number of carbonyl (C=O) groups is 1. The molecule has 3 heteroatoms. The summed E-state index contributed by atoms with van der Waals surface area (Å²) in [5.41, 5.74) is 3.34. The number of aliphatic hydroxyl groups excluding tert-OH is 1. The SMILES string of the molecule is Cc1ccc(C(c2ccccc2)N2CC(O)CC2=O)cc1. The van der Waals surface area contributed by atoms with Gasteiger partial charge in [0.25, 0.3) is 0 Å². The summed E-state index contributed by atoms with van der Waals surface area (Å²) in [6.07, 6.45) is -0.344. The third-order valence-electron chi connectivity index (χ3n) is 3.96. The molecule has 1 aliphatic rings. The van der Waals surface area contributed by atoms with Crippen LogP contribution in [0.2, 0.25) is 0 Å². The molecule has 1 amide bonds. The number of rotatable bonds is 3. The molecule has 21 heavy (non-hydrogen) atoms. The highest BCUT2D eigenvalue weighted by molar-refractivity contribution is 5.80. The van der Waals surface area contributed by atoms with Crippen LogP contribution in [0.3, 0.4) is 0 Å². The largest absolute Gasteiger partial charge is 0.391 e. The van der Waals surface area contributed by atoms with Gasteiger partial charge in [-0.05, 0) is 18.1 Å². The van der Waals surface area contributed by atoms with Crippen LogP contribution in [0.15, 0.2) is 54.6 Å². The van der Waals surface area contributed by atoms with Crippen LogP contribution in [0.5, 0.6) is 0 Å². The Morgan fingerprint density at radius 3 is 2.24 bits per heavy atom. The van der Waals surface area contributed by atoms with Crippen LogP contribution in [-0.2, 0) is 4.79 Å². The van der Waals surface area contributed by atoms with Crippen molar-refractivity contribution in [3.8, 4) is 0 Å². The number of hydrogen-bond donors (Lipinski definition) is 1. The highest BCUT2D eigenvalue weighted by atomic mass is 16.3. The lowest BCUT2D eigenvalue weighted by atomic mass is 9.96. The van der Waals surface area contributed by atoms with Crippen molar-refractivity contribution in [2.24, 2.45) is 0 Å². The molecule has 1 aliphatic heterocycles. The van der Waals surface area contributed by atoms with E-state index >= 15 is 0 Å². The third-order valence-corrected chi connectivity index (χ3v) is 3.96. The van der Waals surface area contributed by atoms with E-state index in [9.17, 15) is 9.90 Å². The molecular formula is C18H19NO2. The molecule has 1 fully saturated rings. The molecule has 1 N–H and O–H groups in total. The highest BCUT2D eigenvalue weighted by Gasteiger charge is 2.34. The monoisotopic (exact) mass is 281 g/mol. The van der Waals surface area contributed by atoms with Crippen molar-refractivity contribution in [1.82, 2.24) is 4.90 Å². The van der Waals surface area contributed by atoms with Gasteiger partial charge in [0, 0.05) is 6.54 Å². The lowest BCUT2D eigenvalue weighted by molar-refractivity contribution is -0.129. The number of likely N-dealkylation sites (tertiary alicyclic amines) is 1. The van der Waals surface area contributed by atoms with E-state index in [1.54, 1.807) is 4.90 Å². The Labute approximate surface area is 124 Å². The van der Waals surface area contributed by atoms with Crippen molar-refractivity contribution in [2.75, 3.05) is 6.54 Å². The Kier molecular flexibility index (Phi) is 3.76. The highest BCUT2D eigenvalue weighted by Crippen LogP contribution is 2.32. The molecular weight excluding hydrogens is 262 g/mol. The number of amides is 1. The molecule has 0 aromatic heterocycles. The maximum Gasteiger partial charge on any atom is 0.226 e. The number of benzene rings is 2. The fourth-order valence-corrected chi connectivity index (χ4v) is 2.90. The molecule has 3 nitrogen and oxygen atoms in total. The zero-order valence-corrected chi connectivity index (χ0v) is 12.1. The maximum atomic E-state index is 12.2. The van der Waals surface area contributed by atoms with Gasteiger partial charge >= 0.3 is 0 Å². The summed E-state index contributed by atoms with van der Waals surface area (Å²) in [4.78, 5) is 14.0. The van der Waals surface area contributed by atoms with Crippen LogP contribution in [0.4, 0.5) is 0 Å². The fourth-order valence-electron chi connectivity index (χ4n) is 2.90. The summed E-state index contributed by atoms with van der Waals surface area (Å²) in [5, 5.41) is 9.79. The van der Waals surface area contributed by atoms with E-state index in [1.807, 2.05) is 37.3 Å². The van der Waals surface area contributed by atoms with Crippen molar-refractivity contribution in [3.63, 3.8) is 0 Å². The summed E-state index contributed by atoms with van der Waals surface area (Å²) in [7, 11) is 0. The second-order valence-corrected chi connectivity index (χ2v) is 5.63. The van der Waals surface area contributed by atoms with Gasteiger partial charge in [-0.25, -0.2) is 0 Å². The number of aliphatic hydroxyl groups is 1. The lowest BCUT2D eigenvalue weighted by Crippen LogP contribution is -2.31. The van der Waals surface area contributed by atoms with Gasteiger partial charge in [0.2, 0.25) is 5.91 Å². The lowest BCUT2D eigenvalue weighted by Gasteiger charge is -2.29. The van der Waals surface area contributed by atoms with E-state index in [2.05, 4.69) is 24.3 Å². The van der Waals surface area contributed by atoms with Crippen LogP contribution in [0, 0.1) is 6.92 Å². The number of β-amino-alcohol motifs (C(OH)–C–C–N with tert-alkyl or cyclic N) is 1. The zero-order chi connectivity index (χ0) is 14.8. The van der Waals surface area contributed by atoms with Crippen LogP contribution >= 0.6 is 0 Å². The first-order chi connectivity index (χ1) is 10.1. The average Bonchev–Trinajstić information content (AvgIpc) is 2.81. The van der Waals surface area contributed by atoms with Crippen LogP contribution in [0.25, 0.3) is 0 Å². The van der Waals surface area contributed by atoms with Gasteiger partial charge in [-0.1, -0.05) is 60.2 Å². The number of hydrogen-bond acceptors (Lipinski definition) is 2. The Morgan fingerprint density at radius 1 is 1.05 bits per heavy atom. The normalized spacial score (nSPS) is 19.8. The molecule has 0 saturated carbocycles. The quantitative estimate of drug-likeness (QED) is 0.939. The first-order valence-electron chi connectivity index (χ1n) is 7.24. The van der Waals surface area contributed by atoms with Gasteiger partial charge in [-0.15, -0.1) is 0 Å². The van der Waals surface area contributed by atoms with Crippen LogP contribution in [0.1, 0.15) is 29.2 Å². The number of nitrogens with zero attached hydrogens (tertiary/aromatic N) is 1.